The van der Waals surface area contributed by atoms with Gasteiger partial charge in [0.05, 0.1) is 32.3 Å². The van der Waals surface area contributed by atoms with E-state index in [2.05, 4.69) is 5.32 Å². The van der Waals surface area contributed by atoms with E-state index < -0.39 is 9.84 Å². The number of methoxy groups -OCH3 is 2. The minimum atomic E-state index is -2.99. The van der Waals surface area contributed by atoms with Crippen LogP contribution in [0.3, 0.4) is 0 Å². The van der Waals surface area contributed by atoms with E-state index in [1.54, 1.807) is 14.2 Å². The van der Waals surface area contributed by atoms with Gasteiger partial charge in [-0.15, -0.1) is 0 Å². The van der Waals surface area contributed by atoms with Crippen molar-refractivity contribution >= 4 is 15.7 Å². The van der Waals surface area contributed by atoms with E-state index in [0.717, 1.165) is 5.56 Å². The van der Waals surface area contributed by atoms with Crippen LogP contribution in [0.25, 0.3) is 0 Å². The molecule has 1 fully saturated rings. The molecule has 0 aromatic heterocycles. The Morgan fingerprint density at radius 2 is 2.00 bits per heavy atom. The van der Waals surface area contributed by atoms with Gasteiger partial charge in [0, 0.05) is 12.6 Å². The summed E-state index contributed by atoms with van der Waals surface area (Å²) in [5, 5.41) is 2.82. The molecule has 0 spiro atoms. The van der Waals surface area contributed by atoms with Crippen LogP contribution >= 0.6 is 0 Å². The number of carbonyl (C=O) groups is 1. The molecule has 1 aliphatic rings. The topological polar surface area (TPSA) is 84.9 Å². The summed E-state index contributed by atoms with van der Waals surface area (Å²) >= 11 is 0. The summed E-state index contributed by atoms with van der Waals surface area (Å²) in [4.78, 5) is 14.2. The van der Waals surface area contributed by atoms with Gasteiger partial charge >= 0.3 is 0 Å². The van der Waals surface area contributed by atoms with Crippen LogP contribution in [0.2, 0.25) is 0 Å². The number of carbonyl (C=O) groups excluding carboxylic acids is 1. The third-order valence-corrected chi connectivity index (χ3v) is 6.03. The van der Waals surface area contributed by atoms with Gasteiger partial charge in [0.15, 0.2) is 21.3 Å². The molecule has 0 bridgehead atoms. The second-order valence-corrected chi connectivity index (χ2v) is 8.39. The summed E-state index contributed by atoms with van der Waals surface area (Å²) in [6, 6.07) is 5.40. The summed E-state index contributed by atoms with van der Waals surface area (Å²) in [5.74, 6) is 1.36. The average molecular weight is 370 g/mol. The molecule has 140 valence electrons. The summed E-state index contributed by atoms with van der Waals surface area (Å²) < 4.78 is 33.5. The lowest BCUT2D eigenvalue weighted by Crippen LogP contribution is -2.42. The molecule has 1 amide bonds. The highest BCUT2D eigenvalue weighted by molar-refractivity contribution is 7.91. The van der Waals surface area contributed by atoms with Crippen molar-refractivity contribution in [2.75, 3.05) is 38.8 Å². The van der Waals surface area contributed by atoms with Crippen LogP contribution in [-0.2, 0) is 21.2 Å². The molecule has 0 radical (unpaired) electrons. The number of sulfone groups is 1. The van der Waals surface area contributed by atoms with Gasteiger partial charge < -0.3 is 14.8 Å². The first-order valence-corrected chi connectivity index (χ1v) is 10.1. The molecule has 1 aliphatic heterocycles. The number of amides is 1. The van der Waals surface area contributed by atoms with Crippen molar-refractivity contribution in [2.45, 2.75) is 25.9 Å². The van der Waals surface area contributed by atoms with Crippen LogP contribution in [0.5, 0.6) is 11.5 Å². The van der Waals surface area contributed by atoms with Crippen molar-refractivity contribution in [2.24, 2.45) is 0 Å². The van der Waals surface area contributed by atoms with E-state index in [-0.39, 0.29) is 30.0 Å². The number of rotatable bonds is 8. The molecule has 8 heteroatoms. The Morgan fingerprint density at radius 3 is 2.56 bits per heavy atom. The second kappa shape index (κ2) is 8.53. The van der Waals surface area contributed by atoms with E-state index in [0.29, 0.717) is 31.0 Å². The van der Waals surface area contributed by atoms with Gasteiger partial charge in [0.1, 0.15) is 0 Å². The SMILES string of the molecule is CCN(CC(=O)NC1CCS(=O)(=O)C1)Cc1ccc(OC)c(OC)c1. The Balaban J connectivity index is 1.92. The number of hydrogen-bond donors (Lipinski definition) is 1. The van der Waals surface area contributed by atoms with Crippen LogP contribution in [0.15, 0.2) is 18.2 Å². The van der Waals surface area contributed by atoms with Crippen molar-refractivity contribution in [1.82, 2.24) is 10.2 Å². The van der Waals surface area contributed by atoms with E-state index in [4.69, 9.17) is 9.47 Å². The predicted molar refractivity (Wildman–Crippen MR) is 95.7 cm³/mol. The molecule has 1 unspecified atom stereocenters. The lowest BCUT2D eigenvalue weighted by molar-refractivity contribution is -0.122. The molecule has 1 atom stereocenters. The molecule has 0 saturated carbocycles. The van der Waals surface area contributed by atoms with Crippen molar-refractivity contribution in [1.29, 1.82) is 0 Å². The van der Waals surface area contributed by atoms with Crippen LogP contribution < -0.4 is 14.8 Å². The summed E-state index contributed by atoms with van der Waals surface area (Å²) in [5.41, 5.74) is 1.01. The average Bonchev–Trinajstić information content (AvgIpc) is 2.92. The number of ether oxygens (including phenoxy) is 2. The standard InChI is InChI=1S/C17H26N2O5S/c1-4-19(10-13-5-6-15(23-2)16(9-13)24-3)11-17(20)18-14-7-8-25(21,22)12-14/h5-6,9,14H,4,7-8,10-12H2,1-3H3,(H,18,20). The van der Waals surface area contributed by atoms with Gasteiger partial charge in [-0.05, 0) is 30.7 Å². The first-order valence-electron chi connectivity index (χ1n) is 8.30. The van der Waals surface area contributed by atoms with Gasteiger partial charge in [-0.3, -0.25) is 9.69 Å². The highest BCUT2D eigenvalue weighted by Gasteiger charge is 2.29. The van der Waals surface area contributed by atoms with E-state index in [9.17, 15) is 13.2 Å². The Hall–Kier alpha value is -1.80. The number of hydrogen-bond acceptors (Lipinski definition) is 6. The molecule has 1 aromatic rings. The Morgan fingerprint density at radius 1 is 1.28 bits per heavy atom. The lowest BCUT2D eigenvalue weighted by atomic mass is 10.2. The molecular weight excluding hydrogens is 344 g/mol. The fraction of sp³-hybridized carbons (Fsp3) is 0.588. The van der Waals surface area contributed by atoms with Crippen molar-refractivity contribution in [3.8, 4) is 11.5 Å². The van der Waals surface area contributed by atoms with Gasteiger partial charge in [-0.25, -0.2) is 8.42 Å². The number of likely N-dealkylation sites (N-methyl/N-ethyl adjacent to an activating group) is 1. The third kappa shape index (κ3) is 5.61. The zero-order valence-corrected chi connectivity index (χ0v) is 15.8. The maximum Gasteiger partial charge on any atom is 0.234 e. The fourth-order valence-corrected chi connectivity index (χ4v) is 4.58. The first-order chi connectivity index (χ1) is 11.9. The van der Waals surface area contributed by atoms with E-state index >= 15 is 0 Å². The van der Waals surface area contributed by atoms with Crippen LogP contribution in [0.4, 0.5) is 0 Å². The second-order valence-electron chi connectivity index (χ2n) is 6.16. The highest BCUT2D eigenvalue weighted by atomic mass is 32.2. The number of nitrogens with zero attached hydrogens (tertiary/aromatic N) is 1. The highest BCUT2D eigenvalue weighted by Crippen LogP contribution is 2.28. The Labute approximate surface area is 149 Å². The monoisotopic (exact) mass is 370 g/mol. The number of nitrogens with one attached hydrogen (secondary N) is 1. The van der Waals surface area contributed by atoms with Crippen molar-refractivity contribution in [3.63, 3.8) is 0 Å². The van der Waals surface area contributed by atoms with Gasteiger partial charge in [-0.2, -0.15) is 0 Å². The smallest absolute Gasteiger partial charge is 0.234 e. The van der Waals surface area contributed by atoms with Crippen molar-refractivity contribution in [3.05, 3.63) is 23.8 Å². The first kappa shape index (κ1) is 19.5. The zero-order chi connectivity index (χ0) is 18.4. The Kier molecular flexibility index (Phi) is 6.66. The number of benzene rings is 1. The van der Waals surface area contributed by atoms with Crippen LogP contribution in [0, 0.1) is 0 Å². The molecular formula is C17H26N2O5S. The molecule has 1 N–H and O–H groups in total. The van der Waals surface area contributed by atoms with Crippen molar-refractivity contribution < 1.29 is 22.7 Å². The zero-order valence-electron chi connectivity index (χ0n) is 14.9. The normalized spacial score (nSPS) is 19.0. The third-order valence-electron chi connectivity index (χ3n) is 4.27. The molecule has 1 saturated heterocycles. The quantitative estimate of drug-likeness (QED) is 0.730. The maximum atomic E-state index is 12.2. The summed E-state index contributed by atoms with van der Waals surface area (Å²) in [6.07, 6.45) is 0.496. The largest absolute Gasteiger partial charge is 0.493 e. The van der Waals surface area contributed by atoms with Crippen LogP contribution in [0.1, 0.15) is 18.9 Å². The molecule has 25 heavy (non-hydrogen) atoms. The maximum absolute atomic E-state index is 12.2. The fourth-order valence-electron chi connectivity index (χ4n) is 2.90. The van der Waals surface area contributed by atoms with Gasteiger partial charge in [0.25, 0.3) is 0 Å². The van der Waals surface area contributed by atoms with Gasteiger partial charge in [-0.1, -0.05) is 13.0 Å². The summed E-state index contributed by atoms with van der Waals surface area (Å²) in [6.45, 7) is 3.49. The van der Waals surface area contributed by atoms with E-state index in [1.807, 2.05) is 30.0 Å². The molecule has 7 nitrogen and oxygen atoms in total. The minimum absolute atomic E-state index is 0.0422. The van der Waals surface area contributed by atoms with Crippen LogP contribution in [-0.4, -0.2) is 64.1 Å². The Bertz CT molecular complexity index is 705. The molecule has 1 heterocycles. The minimum Gasteiger partial charge on any atom is -0.493 e. The summed E-state index contributed by atoms with van der Waals surface area (Å²) in [7, 11) is 0.180. The van der Waals surface area contributed by atoms with Gasteiger partial charge in [0.2, 0.25) is 5.91 Å². The van der Waals surface area contributed by atoms with E-state index in [1.165, 1.54) is 0 Å². The molecule has 2 rings (SSSR count). The molecule has 1 aromatic carbocycles. The predicted octanol–water partition coefficient (Wildman–Crippen LogP) is 0.829. The lowest BCUT2D eigenvalue weighted by Gasteiger charge is -2.21. The molecule has 0 aliphatic carbocycles.